The number of halogens is 2. The number of anilines is 1. The van der Waals surface area contributed by atoms with Crippen molar-refractivity contribution in [2.45, 2.75) is 19.9 Å². The molecular weight excluding hydrogens is 359 g/mol. The van der Waals surface area contributed by atoms with Crippen LogP contribution in [0.25, 0.3) is 0 Å². The van der Waals surface area contributed by atoms with Crippen LogP contribution in [0.3, 0.4) is 0 Å². The number of benzene rings is 2. The molecule has 0 bridgehead atoms. The zero-order valence-electron chi connectivity index (χ0n) is 13.8. The summed E-state index contributed by atoms with van der Waals surface area (Å²) in [5.74, 6) is -0.630. The van der Waals surface area contributed by atoms with Gasteiger partial charge in [0, 0.05) is 24.5 Å². The van der Waals surface area contributed by atoms with Gasteiger partial charge in [0.2, 0.25) is 11.8 Å². The maximum absolute atomic E-state index is 12.5. The third kappa shape index (κ3) is 4.33. The number of aryl methyl sites for hydroxylation is 1. The van der Waals surface area contributed by atoms with Gasteiger partial charge in [0.05, 0.1) is 16.6 Å². The molecule has 1 unspecified atom stereocenters. The molecule has 0 saturated carbocycles. The summed E-state index contributed by atoms with van der Waals surface area (Å²) in [7, 11) is 0. The molecule has 0 aromatic heterocycles. The number of hydrogen-bond acceptors (Lipinski definition) is 2. The molecule has 3 rings (SSSR count). The Morgan fingerprint density at radius 2 is 1.92 bits per heavy atom. The largest absolute Gasteiger partial charge is 0.338 e. The second kappa shape index (κ2) is 7.46. The Hall–Kier alpha value is -2.04. The standard InChI is InChI=1S/C19H18Cl2N2O2/c1-12-2-4-13(5-3-12)10-23-11-14(8-18(23)24)19(25)22-17-9-15(20)6-7-16(17)21/h2-7,9,14H,8,10-11H2,1H3,(H,22,25). The van der Waals surface area contributed by atoms with Gasteiger partial charge >= 0.3 is 0 Å². The van der Waals surface area contributed by atoms with Crippen molar-refractivity contribution in [3.05, 3.63) is 63.6 Å². The Labute approximate surface area is 156 Å². The van der Waals surface area contributed by atoms with Gasteiger partial charge in [0.15, 0.2) is 0 Å². The highest BCUT2D eigenvalue weighted by molar-refractivity contribution is 6.35. The minimum Gasteiger partial charge on any atom is -0.338 e. The molecule has 1 N–H and O–H groups in total. The van der Waals surface area contributed by atoms with Gasteiger partial charge in [-0.1, -0.05) is 53.0 Å². The smallest absolute Gasteiger partial charge is 0.229 e. The first-order valence-electron chi connectivity index (χ1n) is 8.01. The number of hydrogen-bond donors (Lipinski definition) is 1. The minimum absolute atomic E-state index is 0.0158. The van der Waals surface area contributed by atoms with Crippen molar-refractivity contribution in [2.75, 3.05) is 11.9 Å². The van der Waals surface area contributed by atoms with E-state index in [0.717, 1.165) is 5.56 Å². The number of nitrogens with zero attached hydrogens (tertiary/aromatic N) is 1. The van der Waals surface area contributed by atoms with Crippen LogP contribution >= 0.6 is 23.2 Å². The van der Waals surface area contributed by atoms with Crippen molar-refractivity contribution in [1.29, 1.82) is 0 Å². The minimum atomic E-state index is -0.395. The van der Waals surface area contributed by atoms with E-state index in [2.05, 4.69) is 5.32 Å². The molecule has 130 valence electrons. The van der Waals surface area contributed by atoms with E-state index in [1.807, 2.05) is 31.2 Å². The van der Waals surface area contributed by atoms with E-state index in [1.165, 1.54) is 5.56 Å². The summed E-state index contributed by atoms with van der Waals surface area (Å²) in [6, 6.07) is 12.9. The summed E-state index contributed by atoms with van der Waals surface area (Å²) in [6.45, 7) is 2.93. The fraction of sp³-hybridized carbons (Fsp3) is 0.263. The molecule has 2 aromatic rings. The first-order chi connectivity index (χ1) is 11.9. The van der Waals surface area contributed by atoms with Crippen LogP contribution in [-0.2, 0) is 16.1 Å². The number of carbonyl (C=O) groups excluding carboxylic acids is 2. The molecule has 1 aliphatic rings. The van der Waals surface area contributed by atoms with Gasteiger partial charge in [-0.25, -0.2) is 0 Å². The average molecular weight is 377 g/mol. The average Bonchev–Trinajstić information content (AvgIpc) is 2.94. The molecule has 4 nitrogen and oxygen atoms in total. The first kappa shape index (κ1) is 17.8. The molecule has 6 heteroatoms. The van der Waals surface area contributed by atoms with E-state index < -0.39 is 5.92 Å². The Morgan fingerprint density at radius 1 is 1.20 bits per heavy atom. The quantitative estimate of drug-likeness (QED) is 0.864. The Morgan fingerprint density at radius 3 is 2.64 bits per heavy atom. The Bertz CT molecular complexity index is 806. The maximum atomic E-state index is 12.5. The fourth-order valence-electron chi connectivity index (χ4n) is 2.84. The molecule has 2 aromatic carbocycles. The van der Waals surface area contributed by atoms with Crippen molar-refractivity contribution < 1.29 is 9.59 Å². The summed E-state index contributed by atoms with van der Waals surface area (Å²) in [5.41, 5.74) is 2.69. The predicted molar refractivity (Wildman–Crippen MR) is 99.8 cm³/mol. The van der Waals surface area contributed by atoms with Gasteiger partial charge in [0.1, 0.15) is 0 Å². The van der Waals surface area contributed by atoms with Gasteiger partial charge in [-0.05, 0) is 30.7 Å². The number of rotatable bonds is 4. The molecule has 0 aliphatic carbocycles. The van der Waals surface area contributed by atoms with Crippen LogP contribution < -0.4 is 5.32 Å². The fourth-order valence-corrected chi connectivity index (χ4v) is 3.18. The van der Waals surface area contributed by atoms with Crippen molar-refractivity contribution in [3.8, 4) is 0 Å². The summed E-state index contributed by atoms with van der Waals surface area (Å²) in [4.78, 5) is 26.4. The molecule has 0 radical (unpaired) electrons. The molecule has 1 saturated heterocycles. The van der Waals surface area contributed by atoms with E-state index in [-0.39, 0.29) is 18.2 Å². The second-order valence-corrected chi connectivity index (χ2v) is 7.12. The Balaban J connectivity index is 1.64. The molecule has 2 amide bonds. The lowest BCUT2D eigenvalue weighted by Gasteiger charge is -2.17. The number of likely N-dealkylation sites (tertiary alicyclic amines) is 1. The summed E-state index contributed by atoms with van der Waals surface area (Å²) < 4.78 is 0. The highest BCUT2D eigenvalue weighted by Gasteiger charge is 2.34. The molecule has 1 aliphatic heterocycles. The van der Waals surface area contributed by atoms with Crippen LogP contribution in [0, 0.1) is 12.8 Å². The lowest BCUT2D eigenvalue weighted by molar-refractivity contribution is -0.128. The maximum Gasteiger partial charge on any atom is 0.229 e. The molecule has 25 heavy (non-hydrogen) atoms. The number of nitrogens with one attached hydrogen (secondary N) is 1. The topological polar surface area (TPSA) is 49.4 Å². The lowest BCUT2D eigenvalue weighted by Crippen LogP contribution is -2.28. The van der Waals surface area contributed by atoms with E-state index in [4.69, 9.17) is 23.2 Å². The number of amides is 2. The van der Waals surface area contributed by atoms with E-state index >= 15 is 0 Å². The SMILES string of the molecule is Cc1ccc(CN2CC(C(=O)Nc3cc(Cl)ccc3Cl)CC2=O)cc1. The van der Waals surface area contributed by atoms with Crippen LogP contribution in [0.5, 0.6) is 0 Å². The number of carbonyl (C=O) groups is 2. The van der Waals surface area contributed by atoms with Gasteiger partial charge in [0.25, 0.3) is 0 Å². The van der Waals surface area contributed by atoms with Gasteiger partial charge in [-0.2, -0.15) is 0 Å². The molecule has 1 atom stereocenters. The zero-order valence-corrected chi connectivity index (χ0v) is 15.3. The monoisotopic (exact) mass is 376 g/mol. The van der Waals surface area contributed by atoms with Crippen molar-refractivity contribution in [2.24, 2.45) is 5.92 Å². The van der Waals surface area contributed by atoms with Crippen molar-refractivity contribution in [1.82, 2.24) is 4.90 Å². The Kier molecular flexibility index (Phi) is 5.30. The second-order valence-electron chi connectivity index (χ2n) is 6.27. The molecule has 1 heterocycles. The van der Waals surface area contributed by atoms with Crippen LogP contribution in [-0.4, -0.2) is 23.3 Å². The van der Waals surface area contributed by atoms with Gasteiger partial charge in [-0.15, -0.1) is 0 Å². The van der Waals surface area contributed by atoms with E-state index in [1.54, 1.807) is 23.1 Å². The van der Waals surface area contributed by atoms with Crippen molar-refractivity contribution >= 4 is 40.7 Å². The summed E-state index contributed by atoms with van der Waals surface area (Å²) in [6.07, 6.45) is 0.204. The van der Waals surface area contributed by atoms with E-state index in [9.17, 15) is 9.59 Å². The highest BCUT2D eigenvalue weighted by atomic mass is 35.5. The van der Waals surface area contributed by atoms with Crippen LogP contribution in [0.1, 0.15) is 17.5 Å². The molecular formula is C19H18Cl2N2O2. The van der Waals surface area contributed by atoms with Crippen LogP contribution in [0.4, 0.5) is 5.69 Å². The van der Waals surface area contributed by atoms with Crippen molar-refractivity contribution in [3.63, 3.8) is 0 Å². The van der Waals surface area contributed by atoms with E-state index in [0.29, 0.717) is 28.8 Å². The van der Waals surface area contributed by atoms with Crippen LogP contribution in [0.15, 0.2) is 42.5 Å². The van der Waals surface area contributed by atoms with Gasteiger partial charge < -0.3 is 10.2 Å². The highest BCUT2D eigenvalue weighted by Crippen LogP contribution is 2.27. The molecule has 0 spiro atoms. The zero-order chi connectivity index (χ0) is 18.0. The third-order valence-corrected chi connectivity index (χ3v) is 4.83. The normalized spacial score (nSPS) is 17.0. The van der Waals surface area contributed by atoms with Crippen LogP contribution in [0.2, 0.25) is 10.0 Å². The molecule has 1 fully saturated rings. The third-order valence-electron chi connectivity index (χ3n) is 4.27. The predicted octanol–water partition coefficient (Wildman–Crippen LogP) is 4.29. The first-order valence-corrected chi connectivity index (χ1v) is 8.77. The lowest BCUT2D eigenvalue weighted by atomic mass is 10.1. The van der Waals surface area contributed by atoms with Gasteiger partial charge in [-0.3, -0.25) is 9.59 Å². The summed E-state index contributed by atoms with van der Waals surface area (Å²) >= 11 is 12.0. The summed E-state index contributed by atoms with van der Waals surface area (Å²) in [5, 5.41) is 3.68.